The van der Waals surface area contributed by atoms with Crippen LogP contribution in [0.4, 0.5) is 0 Å². The van der Waals surface area contributed by atoms with Gasteiger partial charge in [-0.05, 0) is 73.6 Å². The van der Waals surface area contributed by atoms with Crippen molar-refractivity contribution in [1.29, 1.82) is 0 Å². The summed E-state index contributed by atoms with van der Waals surface area (Å²) < 4.78 is 0. The van der Waals surface area contributed by atoms with Gasteiger partial charge in [0, 0.05) is 6.04 Å². The van der Waals surface area contributed by atoms with Gasteiger partial charge in [0.1, 0.15) is 0 Å². The first-order valence-corrected chi connectivity index (χ1v) is 8.80. The summed E-state index contributed by atoms with van der Waals surface area (Å²) in [5.74, 6) is 0. The highest BCUT2D eigenvalue weighted by molar-refractivity contribution is 5.33. The minimum atomic E-state index is 0.428. The van der Waals surface area contributed by atoms with Crippen LogP contribution >= 0.6 is 0 Å². The molecule has 0 unspecified atom stereocenters. The maximum absolute atomic E-state index is 3.54. The summed E-state index contributed by atoms with van der Waals surface area (Å²) in [6.07, 6.45) is 9.11. The van der Waals surface area contributed by atoms with Crippen LogP contribution in [0.25, 0.3) is 0 Å². The third-order valence-corrected chi connectivity index (χ3v) is 4.86. The van der Waals surface area contributed by atoms with Gasteiger partial charge in [-0.1, -0.05) is 45.9 Å². The van der Waals surface area contributed by atoms with Crippen LogP contribution in [0.3, 0.4) is 0 Å². The predicted octanol–water partition coefficient (Wildman–Crippen LogP) is 4.91. The van der Waals surface area contributed by atoms with Crippen LogP contribution < -0.4 is 5.32 Å². The van der Waals surface area contributed by atoms with Crippen molar-refractivity contribution in [3.05, 3.63) is 34.9 Å². The van der Waals surface area contributed by atoms with Gasteiger partial charge in [0.2, 0.25) is 0 Å². The highest BCUT2D eigenvalue weighted by Gasteiger charge is 2.18. The molecule has 2 rings (SSSR count). The fourth-order valence-electron chi connectivity index (χ4n) is 3.25. The maximum Gasteiger partial charge on any atom is 0.00103 e. The summed E-state index contributed by atoms with van der Waals surface area (Å²) in [6.45, 7) is 10.4. The summed E-state index contributed by atoms with van der Waals surface area (Å²) in [5.41, 5.74) is 5.20. The highest BCUT2D eigenvalue weighted by Crippen LogP contribution is 2.28. The Kier molecular flexibility index (Phi) is 5.87. The second kappa shape index (κ2) is 7.45. The smallest absolute Gasteiger partial charge is 0.00103 e. The number of benzene rings is 1. The molecule has 1 aromatic rings. The number of aryl methyl sites for hydroxylation is 3. The number of hydrogen-bond donors (Lipinski definition) is 1. The Morgan fingerprint density at radius 3 is 2.48 bits per heavy atom. The monoisotopic (exact) mass is 287 g/mol. The third-order valence-electron chi connectivity index (χ3n) is 4.86. The highest BCUT2D eigenvalue weighted by atomic mass is 14.9. The summed E-state index contributed by atoms with van der Waals surface area (Å²) in [6, 6.07) is 7.84. The average molecular weight is 287 g/mol. The van der Waals surface area contributed by atoms with Crippen LogP contribution in [0.1, 0.15) is 70.1 Å². The lowest BCUT2D eigenvalue weighted by molar-refractivity contribution is 0.298. The van der Waals surface area contributed by atoms with E-state index in [-0.39, 0.29) is 0 Å². The number of hydrogen-bond acceptors (Lipinski definition) is 1. The van der Waals surface area contributed by atoms with Gasteiger partial charge in [-0.2, -0.15) is 0 Å². The molecule has 0 saturated heterocycles. The van der Waals surface area contributed by atoms with Gasteiger partial charge in [-0.15, -0.1) is 0 Å². The minimum Gasteiger partial charge on any atom is -0.315 e. The number of fused-ring (bicyclic) bond motifs is 1. The molecule has 0 heterocycles. The van der Waals surface area contributed by atoms with Crippen LogP contribution in [-0.4, -0.2) is 12.6 Å². The van der Waals surface area contributed by atoms with Crippen molar-refractivity contribution in [3.8, 4) is 0 Å². The normalized spacial score (nSPS) is 15.3. The number of nitrogens with one attached hydrogen (secondary N) is 1. The van der Waals surface area contributed by atoms with Gasteiger partial charge in [-0.3, -0.25) is 0 Å². The molecule has 1 aliphatic rings. The molecule has 0 fully saturated rings. The van der Waals surface area contributed by atoms with E-state index in [1.165, 1.54) is 44.9 Å². The first-order chi connectivity index (χ1) is 9.96. The maximum atomic E-state index is 3.54. The Morgan fingerprint density at radius 2 is 1.76 bits per heavy atom. The van der Waals surface area contributed by atoms with Crippen LogP contribution in [0, 0.1) is 5.41 Å². The second-order valence-corrected chi connectivity index (χ2v) is 7.83. The average Bonchev–Trinajstić information content (AvgIpc) is 2.44. The fourth-order valence-corrected chi connectivity index (χ4v) is 3.25. The van der Waals surface area contributed by atoms with Crippen molar-refractivity contribution in [2.75, 3.05) is 6.54 Å². The van der Waals surface area contributed by atoms with E-state index in [1.807, 2.05) is 0 Å². The summed E-state index contributed by atoms with van der Waals surface area (Å²) in [4.78, 5) is 0. The van der Waals surface area contributed by atoms with Gasteiger partial charge < -0.3 is 5.32 Å². The zero-order valence-electron chi connectivity index (χ0n) is 14.5. The molecule has 0 bridgehead atoms. The molecule has 118 valence electrons. The second-order valence-electron chi connectivity index (χ2n) is 7.83. The lowest BCUT2D eigenvalue weighted by Crippen LogP contribution is -2.28. The van der Waals surface area contributed by atoms with Crippen molar-refractivity contribution < 1.29 is 0 Å². The van der Waals surface area contributed by atoms with Crippen LogP contribution in [0.2, 0.25) is 0 Å². The molecule has 0 radical (unpaired) electrons. The molecule has 1 aliphatic carbocycles. The molecule has 0 aliphatic heterocycles. The van der Waals surface area contributed by atoms with Gasteiger partial charge in [0.05, 0.1) is 0 Å². The van der Waals surface area contributed by atoms with E-state index < -0.39 is 0 Å². The first kappa shape index (κ1) is 16.5. The van der Waals surface area contributed by atoms with E-state index >= 15 is 0 Å². The predicted molar refractivity (Wildman–Crippen MR) is 92.9 cm³/mol. The van der Waals surface area contributed by atoms with Crippen LogP contribution in [0.15, 0.2) is 18.2 Å². The molecule has 0 spiro atoms. The molecule has 1 nitrogen and oxygen atoms in total. The zero-order valence-corrected chi connectivity index (χ0v) is 14.5. The molecule has 1 aromatic carbocycles. The van der Waals surface area contributed by atoms with E-state index in [4.69, 9.17) is 0 Å². The molecule has 0 amide bonds. The van der Waals surface area contributed by atoms with E-state index in [9.17, 15) is 0 Å². The molecule has 0 aromatic heterocycles. The van der Waals surface area contributed by atoms with Crippen molar-refractivity contribution in [3.63, 3.8) is 0 Å². The number of rotatable bonds is 7. The van der Waals surface area contributed by atoms with Crippen LogP contribution in [-0.2, 0) is 19.3 Å². The van der Waals surface area contributed by atoms with Gasteiger partial charge >= 0.3 is 0 Å². The Hall–Kier alpha value is -0.820. The van der Waals surface area contributed by atoms with Gasteiger partial charge in [-0.25, -0.2) is 0 Å². The lowest BCUT2D eigenvalue weighted by Gasteiger charge is -2.26. The molecule has 0 saturated carbocycles. The molecule has 21 heavy (non-hydrogen) atoms. The van der Waals surface area contributed by atoms with Gasteiger partial charge in [0.25, 0.3) is 0 Å². The van der Waals surface area contributed by atoms with Crippen molar-refractivity contribution >= 4 is 0 Å². The van der Waals surface area contributed by atoms with E-state index in [0.29, 0.717) is 11.5 Å². The quantitative estimate of drug-likeness (QED) is 0.751. The Labute approximate surface area is 131 Å². The van der Waals surface area contributed by atoms with Crippen molar-refractivity contribution in [1.82, 2.24) is 5.32 Å². The molecule has 0 atom stereocenters. The lowest BCUT2D eigenvalue weighted by atomic mass is 9.82. The largest absolute Gasteiger partial charge is 0.315 e. The van der Waals surface area contributed by atoms with Crippen LogP contribution in [0.5, 0.6) is 0 Å². The van der Waals surface area contributed by atoms with Crippen molar-refractivity contribution in [2.45, 2.75) is 78.7 Å². The minimum absolute atomic E-state index is 0.428. The molecule has 1 N–H and O–H groups in total. The summed E-state index contributed by atoms with van der Waals surface area (Å²) >= 11 is 0. The molecule has 1 heteroatoms. The summed E-state index contributed by atoms with van der Waals surface area (Å²) in [7, 11) is 0. The topological polar surface area (TPSA) is 12.0 Å². The van der Waals surface area contributed by atoms with E-state index in [1.54, 1.807) is 16.7 Å². The standard InChI is InChI=1S/C20H33N/c1-16(2)21-14-13-20(3,4)12-11-17-9-10-18-7-5-6-8-19(18)15-17/h9-10,15-16,21H,5-8,11-14H2,1-4H3. The fraction of sp³-hybridized carbons (Fsp3) is 0.700. The molecular formula is C20H33N. The van der Waals surface area contributed by atoms with E-state index in [0.717, 1.165) is 6.54 Å². The zero-order chi connectivity index (χ0) is 15.3. The third kappa shape index (κ3) is 5.47. The Balaban J connectivity index is 1.84. The Morgan fingerprint density at radius 1 is 1.05 bits per heavy atom. The van der Waals surface area contributed by atoms with Gasteiger partial charge in [0.15, 0.2) is 0 Å². The summed E-state index contributed by atoms with van der Waals surface area (Å²) in [5, 5.41) is 3.54. The first-order valence-electron chi connectivity index (χ1n) is 8.80. The molecular weight excluding hydrogens is 254 g/mol. The van der Waals surface area contributed by atoms with E-state index in [2.05, 4.69) is 51.2 Å². The van der Waals surface area contributed by atoms with Crippen molar-refractivity contribution in [2.24, 2.45) is 5.41 Å². The Bertz CT molecular complexity index is 445. The SMILES string of the molecule is CC(C)NCCC(C)(C)CCc1ccc2c(c1)CCCC2.